The lowest BCUT2D eigenvalue weighted by Gasteiger charge is -2.26. The predicted octanol–water partition coefficient (Wildman–Crippen LogP) is 3.31. The minimum absolute atomic E-state index is 0.198. The van der Waals surface area contributed by atoms with Gasteiger partial charge < -0.3 is 18.8 Å². The second kappa shape index (κ2) is 9.74. The molecular formula is C28H27N3O5S. The zero-order valence-electron chi connectivity index (χ0n) is 21.3. The highest BCUT2D eigenvalue weighted by Crippen LogP contribution is 2.37. The molecule has 37 heavy (non-hydrogen) atoms. The summed E-state index contributed by atoms with van der Waals surface area (Å²) in [5.74, 6) is 0.569. The van der Waals surface area contributed by atoms with Gasteiger partial charge in [0.15, 0.2) is 4.80 Å². The minimum Gasteiger partial charge on any atom is -0.497 e. The van der Waals surface area contributed by atoms with Crippen LogP contribution in [0.5, 0.6) is 11.5 Å². The topological polar surface area (TPSA) is 84.1 Å². The number of hydrogen-bond donors (Lipinski definition) is 0. The van der Waals surface area contributed by atoms with E-state index in [1.165, 1.54) is 11.3 Å². The maximum Gasteiger partial charge on any atom is 0.338 e. The summed E-state index contributed by atoms with van der Waals surface area (Å²) in [6.45, 7) is 3.70. The smallest absolute Gasteiger partial charge is 0.338 e. The highest BCUT2D eigenvalue weighted by atomic mass is 32.1. The molecule has 0 N–H and O–H groups in total. The van der Waals surface area contributed by atoms with Crippen LogP contribution in [0.25, 0.3) is 17.0 Å². The highest BCUT2D eigenvalue weighted by molar-refractivity contribution is 7.07. The number of ether oxygens (including phenoxy) is 3. The molecule has 2 aromatic carbocycles. The molecule has 9 heteroatoms. The number of hydrogen-bond acceptors (Lipinski definition) is 7. The van der Waals surface area contributed by atoms with Crippen molar-refractivity contribution in [2.24, 2.45) is 12.0 Å². The lowest BCUT2D eigenvalue weighted by Crippen LogP contribution is -2.40. The number of carbonyl (C=O) groups is 1. The van der Waals surface area contributed by atoms with Crippen LogP contribution in [0.3, 0.4) is 0 Å². The Kier molecular flexibility index (Phi) is 6.47. The van der Waals surface area contributed by atoms with Crippen molar-refractivity contribution in [3.05, 3.63) is 90.7 Å². The van der Waals surface area contributed by atoms with Crippen molar-refractivity contribution >= 4 is 34.3 Å². The number of methoxy groups -OCH3 is 2. The van der Waals surface area contributed by atoms with E-state index < -0.39 is 12.0 Å². The number of carbonyl (C=O) groups excluding carboxylic acids is 1. The van der Waals surface area contributed by atoms with Gasteiger partial charge in [-0.25, -0.2) is 9.79 Å². The normalized spacial score (nSPS) is 15.5. The fourth-order valence-electron chi connectivity index (χ4n) is 4.77. The lowest BCUT2D eigenvalue weighted by molar-refractivity contribution is -0.139. The molecule has 0 saturated heterocycles. The number of rotatable bonds is 6. The number of esters is 1. The molecule has 5 rings (SSSR count). The third-order valence-electron chi connectivity index (χ3n) is 6.46. The number of benzene rings is 2. The van der Waals surface area contributed by atoms with Crippen molar-refractivity contribution in [3.8, 4) is 11.5 Å². The Morgan fingerprint density at radius 3 is 2.68 bits per heavy atom. The summed E-state index contributed by atoms with van der Waals surface area (Å²) >= 11 is 1.29. The van der Waals surface area contributed by atoms with Crippen LogP contribution in [0.2, 0.25) is 0 Å². The molecule has 0 unspecified atom stereocenters. The van der Waals surface area contributed by atoms with Gasteiger partial charge >= 0.3 is 5.97 Å². The number of aryl methyl sites for hydroxylation is 1. The molecule has 1 aliphatic heterocycles. The summed E-state index contributed by atoms with van der Waals surface area (Å²) in [6, 6.07) is 12.6. The summed E-state index contributed by atoms with van der Waals surface area (Å²) < 4.78 is 20.6. The van der Waals surface area contributed by atoms with E-state index in [-0.39, 0.29) is 17.7 Å². The average molecular weight is 518 g/mol. The Morgan fingerprint density at radius 2 is 1.95 bits per heavy atom. The van der Waals surface area contributed by atoms with E-state index in [9.17, 15) is 9.59 Å². The molecule has 0 bridgehead atoms. The zero-order chi connectivity index (χ0) is 26.3. The van der Waals surface area contributed by atoms with Crippen molar-refractivity contribution in [2.45, 2.75) is 19.9 Å². The summed E-state index contributed by atoms with van der Waals surface area (Å²) in [5, 5.41) is 1.05. The second-order valence-corrected chi connectivity index (χ2v) is 9.63. The van der Waals surface area contributed by atoms with E-state index >= 15 is 0 Å². The van der Waals surface area contributed by atoms with Crippen molar-refractivity contribution in [1.82, 2.24) is 9.13 Å². The molecule has 0 fully saturated rings. The van der Waals surface area contributed by atoms with Gasteiger partial charge in [0.1, 0.15) is 17.5 Å². The number of para-hydroxylation sites is 1. The van der Waals surface area contributed by atoms with Crippen LogP contribution in [0, 0.1) is 0 Å². The quantitative estimate of drug-likeness (QED) is 0.367. The van der Waals surface area contributed by atoms with Gasteiger partial charge in [0.25, 0.3) is 5.56 Å². The number of thiazole rings is 1. The van der Waals surface area contributed by atoms with Crippen molar-refractivity contribution in [1.29, 1.82) is 0 Å². The first-order valence-corrected chi connectivity index (χ1v) is 12.6. The summed E-state index contributed by atoms with van der Waals surface area (Å²) in [7, 11) is 5.09. The molecule has 0 radical (unpaired) electrons. The molecule has 0 aliphatic carbocycles. The van der Waals surface area contributed by atoms with E-state index in [0.717, 1.165) is 16.5 Å². The molecular weight excluding hydrogens is 490 g/mol. The molecule has 0 saturated carbocycles. The predicted molar refractivity (Wildman–Crippen MR) is 143 cm³/mol. The van der Waals surface area contributed by atoms with Gasteiger partial charge in [-0.3, -0.25) is 9.36 Å². The number of aromatic nitrogens is 2. The monoisotopic (exact) mass is 517 g/mol. The maximum absolute atomic E-state index is 14.0. The Balaban J connectivity index is 1.79. The van der Waals surface area contributed by atoms with Crippen LogP contribution in [0.4, 0.5) is 0 Å². The molecule has 8 nitrogen and oxygen atoms in total. The third kappa shape index (κ3) is 4.15. The van der Waals surface area contributed by atoms with Gasteiger partial charge in [-0.2, -0.15) is 0 Å². The first kappa shape index (κ1) is 24.6. The summed E-state index contributed by atoms with van der Waals surface area (Å²) in [6.07, 6.45) is 3.89. The van der Waals surface area contributed by atoms with Gasteiger partial charge in [-0.05, 0) is 44.2 Å². The molecule has 1 aliphatic rings. The lowest BCUT2D eigenvalue weighted by atomic mass is 9.94. The summed E-state index contributed by atoms with van der Waals surface area (Å²) in [4.78, 5) is 32.3. The molecule has 1 atom stereocenters. The zero-order valence-corrected chi connectivity index (χ0v) is 22.1. The van der Waals surface area contributed by atoms with Crippen LogP contribution >= 0.6 is 11.3 Å². The van der Waals surface area contributed by atoms with Crippen molar-refractivity contribution in [3.63, 3.8) is 0 Å². The summed E-state index contributed by atoms with van der Waals surface area (Å²) in [5.41, 5.74) is 3.14. The fourth-order valence-corrected chi connectivity index (χ4v) is 5.81. The van der Waals surface area contributed by atoms with E-state index in [1.807, 2.05) is 48.2 Å². The van der Waals surface area contributed by atoms with Gasteiger partial charge in [0.05, 0.1) is 36.6 Å². The Morgan fingerprint density at radius 1 is 1.16 bits per heavy atom. The van der Waals surface area contributed by atoms with Crippen LogP contribution < -0.4 is 24.4 Å². The van der Waals surface area contributed by atoms with E-state index in [1.54, 1.807) is 50.8 Å². The molecule has 190 valence electrons. The van der Waals surface area contributed by atoms with E-state index in [2.05, 4.69) is 4.99 Å². The van der Waals surface area contributed by atoms with Gasteiger partial charge in [-0.1, -0.05) is 29.5 Å². The molecule has 4 aromatic rings. The van der Waals surface area contributed by atoms with Crippen LogP contribution in [0.15, 0.2) is 69.7 Å². The average Bonchev–Trinajstić information content (AvgIpc) is 3.38. The van der Waals surface area contributed by atoms with Crippen LogP contribution in [-0.4, -0.2) is 35.9 Å². The number of allylic oxidation sites excluding steroid dienone is 1. The van der Waals surface area contributed by atoms with E-state index in [4.69, 9.17) is 14.2 Å². The van der Waals surface area contributed by atoms with E-state index in [0.29, 0.717) is 32.1 Å². The first-order valence-electron chi connectivity index (χ1n) is 11.8. The van der Waals surface area contributed by atoms with Crippen molar-refractivity contribution in [2.75, 3.05) is 20.8 Å². The fraction of sp³-hybridized carbons (Fsp3) is 0.250. The van der Waals surface area contributed by atoms with Gasteiger partial charge in [0.2, 0.25) is 0 Å². The first-order chi connectivity index (χ1) is 17.9. The van der Waals surface area contributed by atoms with Gasteiger partial charge in [0, 0.05) is 35.3 Å². The molecule has 0 amide bonds. The minimum atomic E-state index is -0.796. The standard InChI is InChI=1S/C28H27N3O5S/c1-6-36-27(33)24-16(2)29-28-31(25(24)20-14-18(34-4)11-12-22(20)35-5)26(32)23(37-28)13-17-15-30(3)21-10-8-7-9-19(17)21/h7-15,25H,6H2,1-5H3/b23-13-/t25-/m1/s1. The maximum atomic E-state index is 14.0. The SMILES string of the molecule is CCOC(=O)C1=C(C)N=c2s/c(=C\c3cn(C)c4ccccc34)c(=O)n2[C@@H]1c1cc(OC)ccc1OC. The Hall–Kier alpha value is -4.11. The highest BCUT2D eigenvalue weighted by Gasteiger charge is 2.35. The Labute approximate surface area is 217 Å². The number of fused-ring (bicyclic) bond motifs is 2. The molecule has 3 heterocycles. The molecule has 2 aromatic heterocycles. The Bertz CT molecular complexity index is 1740. The van der Waals surface area contributed by atoms with Crippen LogP contribution in [0.1, 0.15) is 31.0 Å². The van der Waals surface area contributed by atoms with Gasteiger partial charge in [-0.15, -0.1) is 0 Å². The second-order valence-electron chi connectivity index (χ2n) is 8.62. The largest absolute Gasteiger partial charge is 0.497 e. The van der Waals surface area contributed by atoms with Crippen molar-refractivity contribution < 1.29 is 19.0 Å². The van der Waals surface area contributed by atoms with Crippen LogP contribution in [-0.2, 0) is 16.6 Å². The molecule has 0 spiro atoms. The third-order valence-corrected chi connectivity index (χ3v) is 7.45. The number of nitrogens with zero attached hydrogens (tertiary/aromatic N) is 3.